The minimum Gasteiger partial charge on any atom is -0.507 e. The Balaban J connectivity index is 2.38. The lowest BCUT2D eigenvalue weighted by Crippen LogP contribution is -2.32. The Morgan fingerprint density at radius 3 is 2.60 bits per heavy atom. The van der Waals surface area contributed by atoms with Gasteiger partial charge in [-0.1, -0.05) is 35.9 Å². The van der Waals surface area contributed by atoms with Gasteiger partial charge in [-0.2, -0.15) is 0 Å². The second-order valence-corrected chi connectivity index (χ2v) is 5.22. The molecule has 0 amide bonds. The molecular weight excluding hydrogens is 272 g/mol. The van der Waals surface area contributed by atoms with Crippen molar-refractivity contribution in [3.05, 3.63) is 63.5 Å². The summed E-state index contributed by atoms with van der Waals surface area (Å²) in [6.45, 7) is 0.734. The first kappa shape index (κ1) is 12.9. The van der Waals surface area contributed by atoms with E-state index in [1.54, 1.807) is 12.1 Å². The lowest BCUT2D eigenvalue weighted by atomic mass is 10.1. The molecule has 2 aromatic rings. The zero-order chi connectivity index (χ0) is 14.1. The van der Waals surface area contributed by atoms with Gasteiger partial charge in [0.15, 0.2) is 0 Å². The molecule has 0 spiro atoms. The molecule has 102 valence electrons. The van der Waals surface area contributed by atoms with Gasteiger partial charge in [-0.3, -0.25) is 0 Å². The minimum atomic E-state index is 0.162. The van der Waals surface area contributed by atoms with Crippen molar-refractivity contribution in [3.63, 3.8) is 0 Å². The van der Waals surface area contributed by atoms with Crippen molar-refractivity contribution in [1.82, 2.24) is 5.32 Å². The van der Waals surface area contributed by atoms with Gasteiger partial charge in [0.1, 0.15) is 5.75 Å². The van der Waals surface area contributed by atoms with Crippen molar-refractivity contribution in [3.8, 4) is 5.75 Å². The van der Waals surface area contributed by atoms with E-state index in [1.807, 2.05) is 30.3 Å². The highest BCUT2D eigenvalue weighted by Crippen LogP contribution is 2.25. The summed E-state index contributed by atoms with van der Waals surface area (Å²) in [4.78, 5) is 0. The summed E-state index contributed by atoms with van der Waals surface area (Å²) >= 11 is 5.90. The predicted octanol–water partition coefficient (Wildman–Crippen LogP) is 1.26. The number of fused-ring (bicyclic) bond motifs is 1. The van der Waals surface area contributed by atoms with Crippen molar-refractivity contribution in [2.45, 2.75) is 6.42 Å². The van der Waals surface area contributed by atoms with Crippen molar-refractivity contribution in [1.29, 1.82) is 0 Å². The van der Waals surface area contributed by atoms with E-state index in [1.165, 1.54) is 0 Å². The quantitative estimate of drug-likeness (QED) is 0.740. The van der Waals surface area contributed by atoms with Crippen molar-refractivity contribution < 1.29 is 5.11 Å². The molecule has 1 aliphatic heterocycles. The molecule has 3 rings (SSSR count). The molecule has 0 radical (unpaired) electrons. The number of phenolic OH excluding ortho intramolecular Hbond substituents is 1. The van der Waals surface area contributed by atoms with Crippen LogP contribution in [0.3, 0.4) is 0 Å². The highest BCUT2D eigenvalue weighted by atomic mass is 35.5. The van der Waals surface area contributed by atoms with Gasteiger partial charge in [0.05, 0.1) is 5.70 Å². The second kappa shape index (κ2) is 5.10. The first-order valence-corrected chi connectivity index (χ1v) is 6.85. The number of nitrogens with one attached hydrogen (secondary N) is 1. The molecule has 0 saturated heterocycles. The fourth-order valence-corrected chi connectivity index (χ4v) is 2.66. The van der Waals surface area contributed by atoms with Crippen molar-refractivity contribution >= 4 is 23.0 Å². The lowest BCUT2D eigenvalue weighted by molar-refractivity contribution is 0.473. The normalized spacial score (nSPS) is 14.4. The maximum Gasteiger partial charge on any atom is 0.126 e. The predicted molar refractivity (Wildman–Crippen MR) is 81.5 cm³/mol. The summed E-state index contributed by atoms with van der Waals surface area (Å²) in [7, 11) is 0. The molecule has 0 aromatic heterocycles. The van der Waals surface area contributed by atoms with E-state index in [4.69, 9.17) is 17.3 Å². The highest BCUT2D eigenvalue weighted by Gasteiger charge is 2.12. The molecule has 2 aromatic carbocycles. The summed E-state index contributed by atoms with van der Waals surface area (Å²) in [6, 6.07) is 13.1. The summed E-state index contributed by atoms with van der Waals surface area (Å²) in [5.74, 6) is 0.162. The number of aromatic hydroxyl groups is 1. The van der Waals surface area contributed by atoms with Crippen LogP contribution in [0.2, 0.25) is 5.02 Å². The SMILES string of the molecule is NC1=c2ccccc2=C(c2ccc(Cl)cc2O)NCC1. The van der Waals surface area contributed by atoms with Gasteiger partial charge in [-0.25, -0.2) is 0 Å². The second-order valence-electron chi connectivity index (χ2n) is 4.78. The maximum atomic E-state index is 10.1. The molecule has 4 N–H and O–H groups in total. The highest BCUT2D eigenvalue weighted by molar-refractivity contribution is 6.30. The number of halogens is 1. The van der Waals surface area contributed by atoms with E-state index < -0.39 is 0 Å². The van der Waals surface area contributed by atoms with Crippen LogP contribution in [0, 0.1) is 0 Å². The van der Waals surface area contributed by atoms with Crippen LogP contribution >= 0.6 is 11.6 Å². The molecule has 0 bridgehead atoms. The number of benzene rings is 2. The van der Waals surface area contributed by atoms with Crippen LogP contribution in [-0.2, 0) is 0 Å². The molecule has 0 fully saturated rings. The average molecular weight is 287 g/mol. The van der Waals surface area contributed by atoms with Crippen LogP contribution in [0.1, 0.15) is 12.0 Å². The zero-order valence-corrected chi connectivity index (χ0v) is 11.6. The van der Waals surface area contributed by atoms with E-state index in [0.29, 0.717) is 5.02 Å². The number of nitrogens with two attached hydrogens (primary N) is 1. The lowest BCUT2D eigenvalue weighted by Gasteiger charge is -2.11. The third kappa shape index (κ3) is 2.21. The van der Waals surface area contributed by atoms with Gasteiger partial charge in [0.25, 0.3) is 0 Å². The molecule has 0 aliphatic carbocycles. The molecule has 1 aliphatic rings. The number of hydrogen-bond donors (Lipinski definition) is 3. The summed E-state index contributed by atoms with van der Waals surface area (Å²) in [5.41, 5.74) is 8.60. The molecule has 20 heavy (non-hydrogen) atoms. The van der Waals surface area contributed by atoms with Gasteiger partial charge in [-0.15, -0.1) is 0 Å². The van der Waals surface area contributed by atoms with Gasteiger partial charge >= 0.3 is 0 Å². The van der Waals surface area contributed by atoms with Crippen LogP contribution in [0.25, 0.3) is 11.4 Å². The Hall–Kier alpha value is -2.13. The largest absolute Gasteiger partial charge is 0.507 e. The standard InChI is InChI=1S/C16H15ClN2O/c17-10-5-6-13(15(20)9-10)16-12-4-2-1-3-11(12)14(18)7-8-19-16/h1-6,9,19-20H,7-8,18H2. The number of phenols is 1. The van der Waals surface area contributed by atoms with Crippen LogP contribution in [0.15, 0.2) is 42.5 Å². The van der Waals surface area contributed by atoms with Crippen molar-refractivity contribution in [2.75, 3.05) is 6.54 Å². The van der Waals surface area contributed by atoms with Crippen LogP contribution in [-0.4, -0.2) is 11.7 Å². The Kier molecular flexibility index (Phi) is 3.28. The molecule has 0 saturated carbocycles. The van der Waals surface area contributed by atoms with Crippen LogP contribution in [0.5, 0.6) is 5.75 Å². The van der Waals surface area contributed by atoms with Crippen molar-refractivity contribution in [2.24, 2.45) is 5.73 Å². The maximum absolute atomic E-state index is 10.1. The summed E-state index contributed by atoms with van der Waals surface area (Å²) in [6.07, 6.45) is 0.773. The fraction of sp³-hybridized carbons (Fsp3) is 0.125. The molecule has 1 heterocycles. The van der Waals surface area contributed by atoms with E-state index in [9.17, 15) is 5.11 Å². The van der Waals surface area contributed by atoms with Gasteiger partial charge in [0, 0.05) is 39.7 Å². The topological polar surface area (TPSA) is 58.3 Å². The Bertz CT molecular complexity index is 783. The molecular formula is C16H15ClN2O. The zero-order valence-electron chi connectivity index (χ0n) is 10.9. The molecule has 3 nitrogen and oxygen atoms in total. The molecule has 0 unspecified atom stereocenters. The fourth-order valence-electron chi connectivity index (χ4n) is 2.49. The Morgan fingerprint density at radius 2 is 1.85 bits per heavy atom. The van der Waals surface area contributed by atoms with Gasteiger partial charge < -0.3 is 16.2 Å². The Morgan fingerprint density at radius 1 is 1.10 bits per heavy atom. The van der Waals surface area contributed by atoms with E-state index in [0.717, 1.165) is 40.4 Å². The Labute approximate surface area is 122 Å². The third-order valence-corrected chi connectivity index (χ3v) is 3.70. The summed E-state index contributed by atoms with van der Waals surface area (Å²) < 4.78 is 0. The third-order valence-electron chi connectivity index (χ3n) is 3.47. The van der Waals surface area contributed by atoms with Gasteiger partial charge in [0.2, 0.25) is 0 Å². The monoisotopic (exact) mass is 286 g/mol. The first-order valence-electron chi connectivity index (χ1n) is 6.47. The van der Waals surface area contributed by atoms with E-state index >= 15 is 0 Å². The number of rotatable bonds is 1. The van der Waals surface area contributed by atoms with Gasteiger partial charge in [-0.05, 0) is 18.2 Å². The molecule has 0 atom stereocenters. The first-order chi connectivity index (χ1) is 9.66. The van der Waals surface area contributed by atoms with Crippen LogP contribution < -0.4 is 21.5 Å². The summed E-state index contributed by atoms with van der Waals surface area (Å²) in [5, 5.41) is 16.0. The van der Waals surface area contributed by atoms with E-state index in [-0.39, 0.29) is 5.75 Å². The smallest absolute Gasteiger partial charge is 0.126 e. The van der Waals surface area contributed by atoms with Crippen LogP contribution in [0.4, 0.5) is 0 Å². The molecule has 4 heteroatoms. The minimum absolute atomic E-state index is 0.162. The average Bonchev–Trinajstić information content (AvgIpc) is 2.60. The number of hydrogen-bond acceptors (Lipinski definition) is 3. The van der Waals surface area contributed by atoms with E-state index in [2.05, 4.69) is 5.32 Å².